The zero-order chi connectivity index (χ0) is 25.8. The van der Waals surface area contributed by atoms with Crippen molar-refractivity contribution in [3.63, 3.8) is 0 Å². The van der Waals surface area contributed by atoms with Crippen molar-refractivity contribution in [3.05, 3.63) is 53.2 Å². The molecule has 8 heteroatoms. The number of piperazine rings is 1. The summed E-state index contributed by atoms with van der Waals surface area (Å²) in [5.74, 6) is 1.06. The maximum Gasteiger partial charge on any atom is 0.318 e. The lowest BCUT2D eigenvalue weighted by Gasteiger charge is -2.30. The Labute approximate surface area is 219 Å². The second kappa shape index (κ2) is 11.3. The molecule has 0 bridgehead atoms. The molecule has 4 heterocycles. The molecule has 1 atom stereocenters. The second-order valence-corrected chi connectivity index (χ2v) is 10.1. The molecule has 6 rings (SSSR count). The summed E-state index contributed by atoms with van der Waals surface area (Å²) in [6.07, 6.45) is 2.42. The van der Waals surface area contributed by atoms with Crippen molar-refractivity contribution < 1.29 is 4.74 Å². The highest BCUT2D eigenvalue weighted by molar-refractivity contribution is 5.97. The molecule has 0 spiro atoms. The van der Waals surface area contributed by atoms with Crippen molar-refractivity contribution in [2.45, 2.75) is 45.8 Å². The maximum absolute atomic E-state index is 7.32. The number of aromatic nitrogens is 2. The van der Waals surface area contributed by atoms with Gasteiger partial charge in [0.1, 0.15) is 12.4 Å². The van der Waals surface area contributed by atoms with Gasteiger partial charge in [-0.15, -0.1) is 0 Å². The van der Waals surface area contributed by atoms with Crippen molar-refractivity contribution in [1.29, 1.82) is 5.26 Å². The predicted molar refractivity (Wildman–Crippen MR) is 148 cm³/mol. The van der Waals surface area contributed by atoms with Gasteiger partial charge < -0.3 is 24.8 Å². The van der Waals surface area contributed by atoms with Crippen LogP contribution in [0.4, 0.5) is 11.5 Å². The van der Waals surface area contributed by atoms with Gasteiger partial charge in [0.05, 0.1) is 18.3 Å². The fourth-order valence-electron chi connectivity index (χ4n) is 5.72. The lowest BCUT2D eigenvalue weighted by Crippen LogP contribution is -2.44. The number of nitrogens with zero attached hydrogens (tertiary/aromatic N) is 6. The van der Waals surface area contributed by atoms with Crippen LogP contribution >= 0.6 is 0 Å². The summed E-state index contributed by atoms with van der Waals surface area (Å²) in [6.45, 7) is 10.9. The zero-order valence-electron chi connectivity index (χ0n) is 22.2. The Morgan fingerprint density at radius 1 is 1.05 bits per heavy atom. The fourth-order valence-corrected chi connectivity index (χ4v) is 5.72. The van der Waals surface area contributed by atoms with Gasteiger partial charge in [0.15, 0.2) is 0 Å². The van der Waals surface area contributed by atoms with Crippen LogP contribution < -0.4 is 19.9 Å². The molecule has 2 fully saturated rings. The number of hydrogen-bond acceptors (Lipinski definition) is 8. The minimum Gasteiger partial charge on any atom is -0.462 e. The number of hydrogen-bond donors (Lipinski definition) is 1. The van der Waals surface area contributed by atoms with Gasteiger partial charge in [0, 0.05) is 62.3 Å². The molecule has 1 N–H and O–H groups in total. The van der Waals surface area contributed by atoms with Crippen LogP contribution in [0, 0.1) is 18.3 Å². The molecule has 194 valence electrons. The largest absolute Gasteiger partial charge is 0.462 e. The van der Waals surface area contributed by atoms with Gasteiger partial charge >= 0.3 is 6.01 Å². The number of ether oxygens (including phenoxy) is 1. The first kappa shape index (κ1) is 25.2. The first-order valence-electron chi connectivity index (χ1n) is 13.3. The quantitative estimate of drug-likeness (QED) is 0.567. The SMILES string of the molecule is CC#N.Cc1cccc2cccc(N3Cc4nc(OC[C@@H]5CCCN5C)nc(N5CCNCC5)c4C3)c12. The number of likely N-dealkylation sites (tertiary alicyclic amines) is 1. The number of nitriles is 1. The van der Waals surface area contributed by atoms with E-state index in [1.165, 1.54) is 47.4 Å². The molecule has 3 aliphatic rings. The standard InChI is InChI=1S/C27H34N6O.C2H3N/c1-19-6-3-7-20-8-4-10-24(25(19)20)33-16-22-23(17-33)29-27(34-18-21-9-5-13-31(21)2)30-26(22)32-14-11-28-12-15-32;1-2-3/h3-4,6-8,10,21,28H,5,9,11-18H2,1-2H3;1H3/t21-;/m0./s1. The van der Waals surface area contributed by atoms with Crippen LogP contribution in [-0.2, 0) is 13.1 Å². The molecular formula is C29H37N7O. The minimum atomic E-state index is 0.453. The molecule has 0 amide bonds. The maximum atomic E-state index is 7.32. The Morgan fingerprint density at radius 3 is 2.54 bits per heavy atom. The molecule has 1 aromatic heterocycles. The van der Waals surface area contributed by atoms with Gasteiger partial charge in [-0.1, -0.05) is 30.3 Å². The normalized spacial score (nSPS) is 19.4. The summed E-state index contributed by atoms with van der Waals surface area (Å²) < 4.78 is 6.22. The third-order valence-corrected chi connectivity index (χ3v) is 7.66. The highest BCUT2D eigenvalue weighted by Gasteiger charge is 2.30. The summed E-state index contributed by atoms with van der Waals surface area (Å²) in [5, 5.41) is 13.4. The Hall–Kier alpha value is -3.41. The molecule has 8 nitrogen and oxygen atoms in total. The third-order valence-electron chi connectivity index (χ3n) is 7.66. The molecule has 3 aliphatic heterocycles. The van der Waals surface area contributed by atoms with E-state index in [4.69, 9.17) is 20.0 Å². The van der Waals surface area contributed by atoms with E-state index in [2.05, 4.69) is 70.4 Å². The summed E-state index contributed by atoms with van der Waals surface area (Å²) in [4.78, 5) is 17.2. The zero-order valence-corrected chi connectivity index (χ0v) is 22.2. The fraction of sp³-hybridized carbons (Fsp3) is 0.483. The number of likely N-dealkylation sites (N-methyl/N-ethyl adjacent to an activating group) is 1. The van der Waals surface area contributed by atoms with E-state index in [9.17, 15) is 0 Å². The van der Waals surface area contributed by atoms with E-state index >= 15 is 0 Å². The van der Waals surface area contributed by atoms with E-state index in [1.807, 2.05) is 0 Å². The third kappa shape index (κ3) is 5.34. The number of anilines is 2. The Morgan fingerprint density at radius 2 is 1.81 bits per heavy atom. The van der Waals surface area contributed by atoms with Gasteiger partial charge in [-0.25, -0.2) is 0 Å². The van der Waals surface area contributed by atoms with Crippen molar-refractivity contribution in [1.82, 2.24) is 20.2 Å². The lowest BCUT2D eigenvalue weighted by atomic mass is 10.0. The topological polar surface area (TPSA) is 80.5 Å². The van der Waals surface area contributed by atoms with Gasteiger partial charge in [-0.2, -0.15) is 15.2 Å². The Bertz CT molecular complexity index is 1280. The minimum absolute atomic E-state index is 0.453. The molecule has 0 aliphatic carbocycles. The van der Waals surface area contributed by atoms with Gasteiger partial charge in [0.25, 0.3) is 0 Å². The number of aryl methyl sites for hydroxylation is 1. The molecule has 2 aromatic carbocycles. The van der Waals surface area contributed by atoms with Crippen LogP contribution in [0.2, 0.25) is 0 Å². The van der Waals surface area contributed by atoms with Crippen molar-refractivity contribution in [2.75, 3.05) is 56.2 Å². The Kier molecular flexibility index (Phi) is 7.73. The lowest BCUT2D eigenvalue weighted by molar-refractivity contribution is 0.187. The van der Waals surface area contributed by atoms with Crippen LogP contribution in [-0.4, -0.2) is 67.3 Å². The van der Waals surface area contributed by atoms with E-state index in [-0.39, 0.29) is 0 Å². The molecule has 0 unspecified atom stereocenters. The molecule has 2 saturated heterocycles. The van der Waals surface area contributed by atoms with Gasteiger partial charge in [-0.3, -0.25) is 0 Å². The Balaban J connectivity index is 0.000000892. The number of nitrogens with one attached hydrogen (secondary N) is 1. The molecule has 37 heavy (non-hydrogen) atoms. The molecule has 0 saturated carbocycles. The van der Waals surface area contributed by atoms with E-state index < -0.39 is 0 Å². The number of fused-ring (bicyclic) bond motifs is 2. The van der Waals surface area contributed by atoms with Crippen molar-refractivity contribution in [3.8, 4) is 12.1 Å². The first-order valence-corrected chi connectivity index (χ1v) is 13.3. The van der Waals surface area contributed by atoms with Crippen LogP contribution in [0.25, 0.3) is 10.8 Å². The number of benzene rings is 2. The van der Waals surface area contributed by atoms with E-state index in [0.717, 1.165) is 57.3 Å². The van der Waals surface area contributed by atoms with Crippen LogP contribution in [0.5, 0.6) is 6.01 Å². The highest BCUT2D eigenvalue weighted by atomic mass is 16.5. The highest BCUT2D eigenvalue weighted by Crippen LogP contribution is 2.38. The van der Waals surface area contributed by atoms with Gasteiger partial charge in [0.2, 0.25) is 0 Å². The van der Waals surface area contributed by atoms with Crippen LogP contribution in [0.15, 0.2) is 36.4 Å². The van der Waals surface area contributed by atoms with Crippen LogP contribution in [0.3, 0.4) is 0 Å². The summed E-state index contributed by atoms with van der Waals surface area (Å²) in [6, 6.07) is 15.9. The predicted octanol–water partition coefficient (Wildman–Crippen LogP) is 3.87. The van der Waals surface area contributed by atoms with E-state index in [0.29, 0.717) is 18.7 Å². The van der Waals surface area contributed by atoms with E-state index in [1.54, 1.807) is 6.07 Å². The second-order valence-electron chi connectivity index (χ2n) is 10.1. The average molecular weight is 500 g/mol. The molecule has 3 aromatic rings. The first-order chi connectivity index (χ1) is 18.1. The average Bonchev–Trinajstić information content (AvgIpc) is 3.53. The summed E-state index contributed by atoms with van der Waals surface area (Å²) in [7, 11) is 2.18. The summed E-state index contributed by atoms with van der Waals surface area (Å²) >= 11 is 0. The molecule has 0 radical (unpaired) electrons. The van der Waals surface area contributed by atoms with Crippen molar-refractivity contribution >= 4 is 22.3 Å². The van der Waals surface area contributed by atoms with Crippen molar-refractivity contribution in [2.24, 2.45) is 0 Å². The number of rotatable bonds is 5. The summed E-state index contributed by atoms with van der Waals surface area (Å²) in [5.41, 5.74) is 4.93. The monoisotopic (exact) mass is 499 g/mol. The van der Waals surface area contributed by atoms with Crippen LogP contribution in [0.1, 0.15) is 36.6 Å². The smallest absolute Gasteiger partial charge is 0.318 e. The van der Waals surface area contributed by atoms with Gasteiger partial charge in [-0.05, 0) is 50.4 Å². The molecular weight excluding hydrogens is 462 g/mol.